The van der Waals surface area contributed by atoms with Crippen molar-refractivity contribution in [3.63, 3.8) is 0 Å². The maximum absolute atomic E-state index is 12.2. The van der Waals surface area contributed by atoms with Gasteiger partial charge in [0.25, 0.3) is 0 Å². The molecule has 168 valence electrons. The van der Waals surface area contributed by atoms with Crippen LogP contribution in [0.3, 0.4) is 0 Å². The molecule has 1 aromatic rings. The lowest BCUT2D eigenvalue weighted by molar-refractivity contribution is -0.402. The van der Waals surface area contributed by atoms with Crippen molar-refractivity contribution >= 4 is 30.1 Å². The lowest BCUT2D eigenvalue weighted by Crippen LogP contribution is -2.61. The number of carbonyl (C=O) groups is 3. The molecule has 31 heavy (non-hydrogen) atoms. The fourth-order valence-electron chi connectivity index (χ4n) is 2.64. The molecule has 0 saturated carbocycles. The Morgan fingerprint density at radius 2 is 1.97 bits per heavy atom. The molecular weight excluding hydrogens is 430 g/mol. The highest BCUT2D eigenvalue weighted by Crippen LogP contribution is 2.24. The van der Waals surface area contributed by atoms with Crippen molar-refractivity contribution in [3.05, 3.63) is 28.0 Å². The van der Waals surface area contributed by atoms with Crippen LogP contribution in [0.4, 0.5) is 10.7 Å². The fraction of sp³-hybridized carbons (Fsp3) is 0.467. The number of aliphatic carboxylic acids is 1. The highest BCUT2D eigenvalue weighted by atomic mass is 16.7. The first-order valence-corrected chi connectivity index (χ1v) is 8.47. The molecule has 2 saturated heterocycles. The fourth-order valence-corrected chi connectivity index (χ4v) is 2.64. The summed E-state index contributed by atoms with van der Waals surface area (Å²) in [5.74, 6) is -3.54. The summed E-state index contributed by atoms with van der Waals surface area (Å²) in [7, 11) is 0. The molecule has 0 aliphatic carbocycles. The molecule has 16 nitrogen and oxygen atoms in total. The third kappa shape index (κ3) is 4.61. The van der Waals surface area contributed by atoms with Crippen molar-refractivity contribution in [2.75, 3.05) is 6.54 Å². The monoisotopic (exact) mass is 445 g/mol. The van der Waals surface area contributed by atoms with Gasteiger partial charge in [-0.2, -0.15) is 10.1 Å². The van der Waals surface area contributed by atoms with E-state index >= 15 is 0 Å². The number of cyclic esters (lactones) is 1. The summed E-state index contributed by atoms with van der Waals surface area (Å²) in [6, 6.07) is 2.28. The Hall–Kier alpha value is -3.60. The van der Waals surface area contributed by atoms with Gasteiger partial charge in [0.2, 0.25) is 12.4 Å². The molecule has 4 N–H and O–H groups in total. The Morgan fingerprint density at radius 1 is 1.26 bits per heavy atom. The van der Waals surface area contributed by atoms with Gasteiger partial charge in [-0.25, -0.2) is 14.4 Å². The minimum absolute atomic E-state index is 0.0588. The summed E-state index contributed by atoms with van der Waals surface area (Å²) in [6.07, 6.45) is -11.6. The average Bonchev–Trinajstić information content (AvgIpc) is 3.33. The zero-order chi connectivity index (χ0) is 22.9. The Kier molecular flexibility index (Phi) is 6.16. The minimum Gasteiger partial charge on any atom is -0.479 e. The molecule has 6 atom stereocenters. The Morgan fingerprint density at radius 3 is 2.58 bits per heavy atom. The third-order valence-electron chi connectivity index (χ3n) is 4.22. The van der Waals surface area contributed by atoms with E-state index in [1.807, 2.05) is 0 Å². The number of hydrazone groups is 1. The molecule has 2 aliphatic heterocycles. The van der Waals surface area contributed by atoms with Crippen molar-refractivity contribution in [3.8, 4) is 0 Å². The van der Waals surface area contributed by atoms with Gasteiger partial charge in [-0.1, -0.05) is 0 Å². The SMILES string of the molecule is O=C(OC1OC(C(=O)O)C(O)C(O)C1O)C1CN(/N=C/c2ccc([N+](=O)[O-])o2)C(=O)O1. The van der Waals surface area contributed by atoms with E-state index in [4.69, 9.17) is 23.7 Å². The second-order valence-corrected chi connectivity index (χ2v) is 6.30. The minimum atomic E-state index is -1.99. The van der Waals surface area contributed by atoms with Crippen LogP contribution in [0.5, 0.6) is 0 Å². The van der Waals surface area contributed by atoms with Crippen LogP contribution >= 0.6 is 0 Å². The van der Waals surface area contributed by atoms with Crippen molar-refractivity contribution in [2.45, 2.75) is 36.8 Å². The summed E-state index contributed by atoms with van der Waals surface area (Å²) < 4.78 is 19.2. The number of carboxylic acids is 1. The van der Waals surface area contributed by atoms with Crippen molar-refractivity contribution in [1.82, 2.24) is 5.01 Å². The first-order valence-electron chi connectivity index (χ1n) is 8.47. The molecule has 2 aliphatic rings. The van der Waals surface area contributed by atoms with Gasteiger partial charge in [-0.3, -0.25) is 10.1 Å². The van der Waals surface area contributed by atoms with Crippen LogP contribution in [0.25, 0.3) is 0 Å². The first-order chi connectivity index (χ1) is 14.6. The van der Waals surface area contributed by atoms with Crippen molar-refractivity contribution in [2.24, 2.45) is 5.10 Å². The standard InChI is InChI=1S/C15H15N3O13/c19-8-9(20)11(12(22)23)30-14(10(8)21)31-13(24)6-4-17(15(25)29-6)16-3-5-1-2-7(28-5)18(26)27/h1-3,6,8-11,14,19-21H,4H2,(H,22,23)/b16-3+. The average molecular weight is 445 g/mol. The van der Waals surface area contributed by atoms with Crippen molar-refractivity contribution in [1.29, 1.82) is 0 Å². The zero-order valence-electron chi connectivity index (χ0n) is 15.2. The molecule has 0 spiro atoms. The number of aliphatic hydroxyl groups excluding tert-OH is 3. The molecule has 6 unspecified atom stereocenters. The maximum atomic E-state index is 12.2. The van der Waals surface area contributed by atoms with Crippen LogP contribution in [0.2, 0.25) is 0 Å². The predicted octanol–water partition coefficient (Wildman–Crippen LogP) is -2.22. The molecule has 3 rings (SSSR count). The van der Waals surface area contributed by atoms with E-state index in [0.29, 0.717) is 5.01 Å². The smallest absolute Gasteiger partial charge is 0.433 e. The van der Waals surface area contributed by atoms with Crippen LogP contribution in [-0.2, 0) is 23.8 Å². The summed E-state index contributed by atoms with van der Waals surface area (Å²) in [5.41, 5.74) is 0. The van der Waals surface area contributed by atoms with Crippen LogP contribution in [-0.4, -0.2) is 98.0 Å². The van der Waals surface area contributed by atoms with Gasteiger partial charge in [0, 0.05) is 0 Å². The van der Waals surface area contributed by atoms with Crippen LogP contribution in [0.1, 0.15) is 5.76 Å². The number of hydrogen-bond donors (Lipinski definition) is 4. The summed E-state index contributed by atoms with van der Waals surface area (Å²) in [5, 5.41) is 53.1. The van der Waals surface area contributed by atoms with E-state index in [-0.39, 0.29) is 5.76 Å². The van der Waals surface area contributed by atoms with Gasteiger partial charge in [0.15, 0.2) is 11.9 Å². The summed E-state index contributed by atoms with van der Waals surface area (Å²) in [6.45, 7) is -0.465. The number of amides is 1. The van der Waals surface area contributed by atoms with Gasteiger partial charge in [-0.15, -0.1) is 0 Å². The molecule has 1 aromatic heterocycles. The van der Waals surface area contributed by atoms with Gasteiger partial charge >= 0.3 is 23.9 Å². The number of hydrogen-bond acceptors (Lipinski definition) is 13. The molecule has 3 heterocycles. The number of aliphatic hydroxyl groups is 3. The number of furan rings is 1. The third-order valence-corrected chi connectivity index (χ3v) is 4.22. The number of carboxylic acid groups (broad SMARTS) is 1. The predicted molar refractivity (Wildman–Crippen MR) is 90.3 cm³/mol. The van der Waals surface area contributed by atoms with Gasteiger partial charge < -0.3 is 39.1 Å². The number of carbonyl (C=O) groups excluding carboxylic acids is 2. The molecular formula is C15H15N3O13. The van der Waals surface area contributed by atoms with E-state index in [1.165, 1.54) is 6.07 Å². The Labute approximate surface area is 171 Å². The molecule has 2 fully saturated rings. The number of rotatable bonds is 6. The van der Waals surface area contributed by atoms with E-state index in [1.54, 1.807) is 0 Å². The Balaban J connectivity index is 1.61. The van der Waals surface area contributed by atoms with E-state index < -0.39 is 72.2 Å². The number of esters is 1. The quantitative estimate of drug-likeness (QED) is 0.157. The molecule has 16 heteroatoms. The summed E-state index contributed by atoms with van der Waals surface area (Å²) >= 11 is 0. The molecule has 0 radical (unpaired) electrons. The summed E-state index contributed by atoms with van der Waals surface area (Å²) in [4.78, 5) is 44.9. The van der Waals surface area contributed by atoms with E-state index in [2.05, 4.69) is 5.10 Å². The van der Waals surface area contributed by atoms with Crippen molar-refractivity contribution < 1.29 is 58.4 Å². The topological polar surface area (TPSA) is 232 Å². The van der Waals surface area contributed by atoms with Gasteiger partial charge in [0.1, 0.15) is 23.2 Å². The molecule has 1 amide bonds. The van der Waals surface area contributed by atoms with Crippen LogP contribution in [0.15, 0.2) is 21.7 Å². The normalized spacial score (nSPS) is 30.9. The lowest BCUT2D eigenvalue weighted by atomic mass is 9.99. The largest absolute Gasteiger partial charge is 0.479 e. The van der Waals surface area contributed by atoms with Gasteiger partial charge in [0.05, 0.1) is 18.8 Å². The number of nitro groups is 1. The second-order valence-electron chi connectivity index (χ2n) is 6.30. The maximum Gasteiger partial charge on any atom is 0.433 e. The lowest BCUT2D eigenvalue weighted by Gasteiger charge is -2.38. The second kappa shape index (κ2) is 8.64. The highest BCUT2D eigenvalue weighted by Gasteiger charge is 2.49. The molecule has 0 aromatic carbocycles. The van der Waals surface area contributed by atoms with Crippen LogP contribution in [0, 0.1) is 10.1 Å². The zero-order valence-corrected chi connectivity index (χ0v) is 15.2. The van der Waals surface area contributed by atoms with Gasteiger partial charge in [-0.05, 0) is 6.07 Å². The van der Waals surface area contributed by atoms with E-state index in [9.17, 15) is 39.8 Å². The molecule has 0 bridgehead atoms. The number of ether oxygens (including phenoxy) is 3. The first kappa shape index (κ1) is 22.1. The van der Waals surface area contributed by atoms with Crippen LogP contribution < -0.4 is 0 Å². The Bertz CT molecular complexity index is 914. The number of nitrogens with zero attached hydrogens (tertiary/aromatic N) is 3. The van der Waals surface area contributed by atoms with E-state index in [0.717, 1.165) is 12.3 Å². The highest BCUT2D eigenvalue weighted by molar-refractivity contribution is 5.84.